The van der Waals surface area contributed by atoms with Gasteiger partial charge in [0.25, 0.3) is 0 Å². The third kappa shape index (κ3) is 6.38. The first-order valence-corrected chi connectivity index (χ1v) is 12.1. The molecule has 34 heavy (non-hydrogen) atoms. The second-order valence-electron chi connectivity index (χ2n) is 8.61. The van der Waals surface area contributed by atoms with E-state index in [9.17, 15) is 4.79 Å². The van der Waals surface area contributed by atoms with Gasteiger partial charge in [0.05, 0.1) is 11.6 Å². The van der Waals surface area contributed by atoms with E-state index in [2.05, 4.69) is 57.6 Å². The number of para-hydroxylation sites is 1. The number of nitriles is 1. The Morgan fingerprint density at radius 2 is 1.62 bits per heavy atom. The summed E-state index contributed by atoms with van der Waals surface area (Å²) < 4.78 is 0. The predicted molar refractivity (Wildman–Crippen MR) is 137 cm³/mol. The lowest BCUT2D eigenvalue weighted by atomic mass is 9.95. The van der Waals surface area contributed by atoms with Crippen molar-refractivity contribution in [3.8, 4) is 6.07 Å². The molecule has 3 aromatic rings. The number of hydrogen-bond donors (Lipinski definition) is 1. The number of benzene rings is 3. The normalized spacial score (nSPS) is 14.4. The maximum atomic E-state index is 12.7. The standard InChI is InChI=1S/C28H29ClN4O/c29-25-10-12-27(13-11-25)33(26-4-2-1-3-5-26)19-18-32-16-14-24(15-17-32)28(34)31-21-23-8-6-22(20-30)7-9-23/h1-13,24H,14-19,21H2,(H,31,34). The fourth-order valence-corrected chi connectivity index (χ4v) is 4.45. The highest BCUT2D eigenvalue weighted by atomic mass is 35.5. The Balaban J connectivity index is 1.27. The molecule has 0 atom stereocenters. The minimum Gasteiger partial charge on any atom is -0.352 e. The summed E-state index contributed by atoms with van der Waals surface area (Å²) >= 11 is 6.10. The van der Waals surface area contributed by atoms with Crippen LogP contribution in [0.25, 0.3) is 0 Å². The van der Waals surface area contributed by atoms with Crippen LogP contribution in [0.3, 0.4) is 0 Å². The van der Waals surface area contributed by atoms with Gasteiger partial charge >= 0.3 is 0 Å². The van der Waals surface area contributed by atoms with Crippen LogP contribution in [0.1, 0.15) is 24.0 Å². The van der Waals surface area contributed by atoms with Crippen molar-refractivity contribution in [2.24, 2.45) is 5.92 Å². The van der Waals surface area contributed by atoms with Gasteiger partial charge in [0, 0.05) is 41.9 Å². The number of carbonyl (C=O) groups is 1. The molecule has 1 saturated heterocycles. The number of hydrogen-bond acceptors (Lipinski definition) is 4. The van der Waals surface area contributed by atoms with E-state index < -0.39 is 0 Å². The molecule has 1 heterocycles. The highest BCUT2D eigenvalue weighted by Crippen LogP contribution is 2.27. The van der Waals surface area contributed by atoms with E-state index in [1.54, 1.807) is 12.1 Å². The van der Waals surface area contributed by atoms with Crippen molar-refractivity contribution in [3.63, 3.8) is 0 Å². The van der Waals surface area contributed by atoms with E-state index in [-0.39, 0.29) is 11.8 Å². The molecule has 3 aromatic carbocycles. The highest BCUT2D eigenvalue weighted by Gasteiger charge is 2.25. The van der Waals surface area contributed by atoms with Gasteiger partial charge in [0.15, 0.2) is 0 Å². The van der Waals surface area contributed by atoms with Gasteiger partial charge in [-0.05, 0) is 80.0 Å². The van der Waals surface area contributed by atoms with Crippen LogP contribution in [-0.2, 0) is 11.3 Å². The maximum Gasteiger partial charge on any atom is 0.223 e. The van der Waals surface area contributed by atoms with Crippen LogP contribution in [0, 0.1) is 17.2 Å². The molecule has 1 amide bonds. The van der Waals surface area contributed by atoms with Crippen LogP contribution in [0.15, 0.2) is 78.9 Å². The SMILES string of the molecule is N#Cc1ccc(CNC(=O)C2CCN(CCN(c3ccccc3)c3ccc(Cl)cc3)CC2)cc1. The molecule has 174 valence electrons. The number of nitrogens with one attached hydrogen (secondary N) is 1. The Bertz CT molecular complexity index is 1100. The number of nitrogens with zero attached hydrogens (tertiary/aromatic N) is 3. The van der Waals surface area contributed by atoms with Gasteiger partial charge in [-0.15, -0.1) is 0 Å². The second-order valence-corrected chi connectivity index (χ2v) is 9.04. The van der Waals surface area contributed by atoms with Crippen molar-refractivity contribution < 1.29 is 4.79 Å². The van der Waals surface area contributed by atoms with Gasteiger partial charge in [-0.25, -0.2) is 0 Å². The number of likely N-dealkylation sites (tertiary alicyclic amines) is 1. The lowest BCUT2D eigenvalue weighted by Gasteiger charge is -2.34. The molecule has 1 aliphatic rings. The summed E-state index contributed by atoms with van der Waals surface area (Å²) in [5.41, 5.74) is 3.91. The molecule has 1 fully saturated rings. The van der Waals surface area contributed by atoms with E-state index in [1.807, 2.05) is 30.3 Å². The quantitative estimate of drug-likeness (QED) is 0.478. The van der Waals surface area contributed by atoms with Gasteiger partial charge in [-0.3, -0.25) is 4.79 Å². The van der Waals surface area contributed by atoms with E-state index in [1.165, 1.54) is 0 Å². The van der Waals surface area contributed by atoms with Crippen molar-refractivity contribution in [2.75, 3.05) is 31.1 Å². The minimum atomic E-state index is 0.0520. The van der Waals surface area contributed by atoms with Gasteiger partial charge in [-0.1, -0.05) is 41.9 Å². The summed E-state index contributed by atoms with van der Waals surface area (Å²) in [4.78, 5) is 17.4. The fraction of sp³-hybridized carbons (Fsp3) is 0.286. The summed E-state index contributed by atoms with van der Waals surface area (Å²) in [5.74, 6) is 0.173. The average molecular weight is 473 g/mol. The molecule has 0 bridgehead atoms. The van der Waals surface area contributed by atoms with Crippen molar-refractivity contribution in [3.05, 3.63) is 95.0 Å². The summed E-state index contributed by atoms with van der Waals surface area (Å²) in [7, 11) is 0. The molecule has 0 aliphatic carbocycles. The Hall–Kier alpha value is -3.33. The van der Waals surface area contributed by atoms with E-state index in [0.717, 1.165) is 61.0 Å². The minimum absolute atomic E-state index is 0.0520. The zero-order valence-corrected chi connectivity index (χ0v) is 19.9. The van der Waals surface area contributed by atoms with Crippen LogP contribution in [0.5, 0.6) is 0 Å². The monoisotopic (exact) mass is 472 g/mol. The van der Waals surface area contributed by atoms with Gasteiger partial charge in [-0.2, -0.15) is 5.26 Å². The molecule has 0 spiro atoms. The van der Waals surface area contributed by atoms with E-state index >= 15 is 0 Å². The predicted octanol–water partition coefficient (Wildman–Crippen LogP) is 5.38. The van der Waals surface area contributed by atoms with Crippen LogP contribution in [0.2, 0.25) is 5.02 Å². The number of halogens is 1. The Labute approximate surface area is 206 Å². The third-order valence-electron chi connectivity index (χ3n) is 6.35. The van der Waals surface area contributed by atoms with Gasteiger partial charge in [0.1, 0.15) is 0 Å². The van der Waals surface area contributed by atoms with E-state index in [4.69, 9.17) is 16.9 Å². The lowest BCUT2D eigenvalue weighted by molar-refractivity contribution is -0.126. The third-order valence-corrected chi connectivity index (χ3v) is 6.61. The van der Waals surface area contributed by atoms with Crippen molar-refractivity contribution in [1.29, 1.82) is 5.26 Å². The number of piperidine rings is 1. The number of amides is 1. The summed E-state index contributed by atoms with van der Waals surface area (Å²) in [6.45, 7) is 4.12. The van der Waals surface area contributed by atoms with Crippen molar-refractivity contribution in [2.45, 2.75) is 19.4 Å². The molecule has 4 rings (SSSR count). The second kappa shape index (κ2) is 11.7. The van der Waals surface area contributed by atoms with Crippen LogP contribution < -0.4 is 10.2 Å². The smallest absolute Gasteiger partial charge is 0.223 e. The molecule has 6 heteroatoms. The first-order valence-electron chi connectivity index (χ1n) is 11.7. The largest absolute Gasteiger partial charge is 0.352 e. The van der Waals surface area contributed by atoms with E-state index in [0.29, 0.717) is 12.1 Å². The molecule has 1 aliphatic heterocycles. The molecular weight excluding hydrogens is 444 g/mol. The first kappa shape index (κ1) is 23.8. The molecular formula is C28H29ClN4O. The topological polar surface area (TPSA) is 59.4 Å². The average Bonchev–Trinajstić information content (AvgIpc) is 2.89. The summed E-state index contributed by atoms with van der Waals surface area (Å²) in [6, 6.07) is 27.8. The Morgan fingerprint density at radius 3 is 2.26 bits per heavy atom. The van der Waals surface area contributed by atoms with Crippen molar-refractivity contribution in [1.82, 2.24) is 10.2 Å². The molecule has 0 aromatic heterocycles. The maximum absolute atomic E-state index is 12.7. The van der Waals surface area contributed by atoms with Gasteiger partial charge in [0.2, 0.25) is 5.91 Å². The number of anilines is 2. The molecule has 0 unspecified atom stereocenters. The Morgan fingerprint density at radius 1 is 0.971 bits per heavy atom. The van der Waals surface area contributed by atoms with Gasteiger partial charge < -0.3 is 15.1 Å². The summed E-state index contributed by atoms with van der Waals surface area (Å²) in [5, 5.41) is 12.7. The van der Waals surface area contributed by atoms with Crippen molar-refractivity contribution >= 4 is 28.9 Å². The number of rotatable bonds is 8. The lowest BCUT2D eigenvalue weighted by Crippen LogP contribution is -2.42. The molecule has 0 saturated carbocycles. The summed E-state index contributed by atoms with van der Waals surface area (Å²) in [6.07, 6.45) is 1.73. The zero-order chi connectivity index (χ0) is 23.8. The van der Waals surface area contributed by atoms with Crippen LogP contribution in [-0.4, -0.2) is 37.0 Å². The number of carbonyl (C=O) groups excluding carboxylic acids is 1. The highest BCUT2D eigenvalue weighted by molar-refractivity contribution is 6.30. The molecule has 5 nitrogen and oxygen atoms in total. The Kier molecular flexibility index (Phi) is 8.19. The zero-order valence-electron chi connectivity index (χ0n) is 19.2. The van der Waals surface area contributed by atoms with Crippen LogP contribution in [0.4, 0.5) is 11.4 Å². The molecule has 0 radical (unpaired) electrons. The van der Waals surface area contributed by atoms with Crippen LogP contribution >= 0.6 is 11.6 Å². The fourth-order valence-electron chi connectivity index (χ4n) is 4.33. The first-order chi connectivity index (χ1) is 16.6. The molecule has 1 N–H and O–H groups in total.